The third-order valence-electron chi connectivity index (χ3n) is 5.91. The average Bonchev–Trinajstić information content (AvgIpc) is 2.88. The van der Waals surface area contributed by atoms with E-state index in [4.69, 9.17) is 5.21 Å². The van der Waals surface area contributed by atoms with Crippen molar-refractivity contribution < 1.29 is 10.0 Å². The molecule has 2 N–H and O–H groups in total. The maximum atomic E-state index is 13.1. The number of nitrogens with zero attached hydrogens (tertiary/aromatic N) is 3. The van der Waals surface area contributed by atoms with Crippen LogP contribution in [-0.4, -0.2) is 32.4 Å². The molecule has 4 rings (SSSR count). The maximum absolute atomic E-state index is 13.1. The van der Waals surface area contributed by atoms with E-state index >= 15 is 0 Å². The lowest BCUT2D eigenvalue weighted by molar-refractivity contribution is 0.0938. The number of amides is 1. The quantitative estimate of drug-likeness (QED) is 0.249. The first kappa shape index (κ1) is 22.9. The molecule has 0 aliphatic heterocycles. The number of pyridine rings is 2. The second-order valence-corrected chi connectivity index (χ2v) is 8.21. The third-order valence-corrected chi connectivity index (χ3v) is 5.91. The van der Waals surface area contributed by atoms with Crippen LogP contribution in [0.25, 0.3) is 27.8 Å². The van der Waals surface area contributed by atoms with Gasteiger partial charge < -0.3 is 15.1 Å². The molecule has 0 aliphatic rings. The molecule has 0 fully saturated rings. The number of benzene rings is 2. The second-order valence-electron chi connectivity index (χ2n) is 8.21. The van der Waals surface area contributed by atoms with Crippen molar-refractivity contribution in [3.05, 3.63) is 94.4 Å². The molecule has 0 bridgehead atoms. The predicted molar refractivity (Wildman–Crippen MR) is 134 cm³/mol. The van der Waals surface area contributed by atoms with Gasteiger partial charge in [0.2, 0.25) is 5.43 Å². The van der Waals surface area contributed by atoms with E-state index in [-0.39, 0.29) is 17.0 Å². The highest BCUT2D eigenvalue weighted by Gasteiger charge is 2.18. The first-order valence-corrected chi connectivity index (χ1v) is 11.1. The summed E-state index contributed by atoms with van der Waals surface area (Å²) in [5.41, 5.74) is 4.29. The van der Waals surface area contributed by atoms with Crippen molar-refractivity contribution in [2.24, 2.45) is 5.16 Å². The fourth-order valence-electron chi connectivity index (χ4n) is 3.72. The highest BCUT2D eigenvalue weighted by molar-refractivity contribution is 5.99. The van der Waals surface area contributed by atoms with Gasteiger partial charge in [-0.15, -0.1) is 0 Å². The van der Waals surface area contributed by atoms with Crippen molar-refractivity contribution in [2.75, 3.05) is 0 Å². The summed E-state index contributed by atoms with van der Waals surface area (Å²) < 4.78 is 1.78. The highest BCUT2D eigenvalue weighted by atomic mass is 16.4. The van der Waals surface area contributed by atoms with Gasteiger partial charge in [0.15, 0.2) is 0 Å². The van der Waals surface area contributed by atoms with Crippen LogP contribution in [0.5, 0.6) is 0 Å². The van der Waals surface area contributed by atoms with E-state index in [1.54, 1.807) is 36.0 Å². The lowest BCUT2D eigenvalue weighted by Gasteiger charge is -2.15. The second kappa shape index (κ2) is 9.70. The highest BCUT2D eigenvalue weighted by Crippen LogP contribution is 2.24. The molecular weight excluding hydrogens is 428 g/mol. The van der Waals surface area contributed by atoms with Crippen molar-refractivity contribution in [1.82, 2.24) is 14.9 Å². The molecule has 7 heteroatoms. The largest absolute Gasteiger partial charge is 0.411 e. The van der Waals surface area contributed by atoms with Crippen molar-refractivity contribution >= 4 is 22.7 Å². The minimum atomic E-state index is -0.397. The van der Waals surface area contributed by atoms with Crippen LogP contribution in [-0.2, 0) is 0 Å². The number of hydrogen-bond donors (Lipinski definition) is 2. The van der Waals surface area contributed by atoms with Crippen LogP contribution in [0.4, 0.5) is 0 Å². The van der Waals surface area contributed by atoms with Gasteiger partial charge in [-0.1, -0.05) is 48.5 Å². The number of oxime groups is 1. The zero-order valence-electron chi connectivity index (χ0n) is 19.3. The van der Waals surface area contributed by atoms with E-state index in [1.807, 2.05) is 62.4 Å². The summed E-state index contributed by atoms with van der Waals surface area (Å²) in [6.45, 7) is 5.62. The smallest absolute Gasteiger partial charge is 0.256 e. The molecule has 0 radical (unpaired) electrons. The molecule has 0 saturated heterocycles. The molecular formula is C27H26N4O3. The number of nitrogens with one attached hydrogen (secondary N) is 1. The topological polar surface area (TPSA) is 96.6 Å². The molecule has 2 aromatic carbocycles. The summed E-state index contributed by atoms with van der Waals surface area (Å²) in [5, 5.41) is 15.5. The molecule has 0 aliphatic carbocycles. The Morgan fingerprint density at radius 1 is 1.12 bits per heavy atom. The zero-order valence-corrected chi connectivity index (χ0v) is 19.3. The van der Waals surface area contributed by atoms with Crippen LogP contribution in [0.2, 0.25) is 0 Å². The zero-order chi connectivity index (χ0) is 24.2. The maximum Gasteiger partial charge on any atom is 0.256 e. The Balaban J connectivity index is 1.83. The molecule has 34 heavy (non-hydrogen) atoms. The Bertz CT molecular complexity index is 1440. The number of fused-ring (bicyclic) bond motifs is 1. The molecule has 1 amide bonds. The minimum absolute atomic E-state index is 0.0456. The van der Waals surface area contributed by atoms with Crippen molar-refractivity contribution in [2.45, 2.75) is 33.2 Å². The van der Waals surface area contributed by atoms with Crippen LogP contribution < -0.4 is 10.7 Å². The summed E-state index contributed by atoms with van der Waals surface area (Å²) in [6, 6.07) is 18.8. The van der Waals surface area contributed by atoms with Crippen LogP contribution in [0.3, 0.4) is 0 Å². The van der Waals surface area contributed by atoms with Gasteiger partial charge in [0, 0.05) is 24.1 Å². The lowest BCUT2D eigenvalue weighted by Crippen LogP contribution is -2.35. The number of rotatable bonds is 6. The summed E-state index contributed by atoms with van der Waals surface area (Å²) in [7, 11) is 0. The fraction of sp³-hybridized carbons (Fsp3) is 0.185. The number of aromatic nitrogens is 2. The molecule has 0 spiro atoms. The van der Waals surface area contributed by atoms with Crippen LogP contribution in [0.15, 0.2) is 83.0 Å². The van der Waals surface area contributed by atoms with E-state index in [1.165, 1.54) is 0 Å². The van der Waals surface area contributed by atoms with Gasteiger partial charge in [0.25, 0.3) is 5.91 Å². The van der Waals surface area contributed by atoms with Gasteiger partial charge in [-0.2, -0.15) is 0 Å². The first-order chi connectivity index (χ1) is 16.4. The van der Waals surface area contributed by atoms with Crippen molar-refractivity contribution in [3.63, 3.8) is 0 Å². The van der Waals surface area contributed by atoms with E-state index in [2.05, 4.69) is 15.5 Å². The molecule has 0 saturated carbocycles. The van der Waals surface area contributed by atoms with Gasteiger partial charge in [-0.3, -0.25) is 9.59 Å². The summed E-state index contributed by atoms with van der Waals surface area (Å²) in [5.74, 6) is -0.397. The van der Waals surface area contributed by atoms with Gasteiger partial charge in [-0.25, -0.2) is 4.98 Å². The van der Waals surface area contributed by atoms with E-state index in [0.717, 1.165) is 28.8 Å². The monoisotopic (exact) mass is 454 g/mol. The Morgan fingerprint density at radius 2 is 1.88 bits per heavy atom. The number of carbonyl (C=O) groups excluding carboxylic acids is 1. The van der Waals surface area contributed by atoms with Crippen molar-refractivity contribution in [1.29, 1.82) is 0 Å². The molecule has 172 valence electrons. The van der Waals surface area contributed by atoms with Gasteiger partial charge in [0.05, 0.1) is 11.1 Å². The van der Waals surface area contributed by atoms with Crippen molar-refractivity contribution in [3.8, 4) is 16.8 Å². The summed E-state index contributed by atoms with van der Waals surface area (Å²) >= 11 is 0. The van der Waals surface area contributed by atoms with Gasteiger partial charge in [-0.05, 0) is 61.2 Å². The molecule has 4 aromatic rings. The standard InChI is InChI=1S/C27H26N4O3/c1-4-17(2)29-27(33)24-16-31(26-23(25(24)32)9-6-14-28-26)22-8-5-7-21(15-22)20-12-10-19(11-13-20)18(3)30-34/h5-17,34H,4H2,1-3H3,(H,29,33)/b30-18-. The Labute approximate surface area is 197 Å². The SMILES string of the molecule is CCC(C)NC(=O)c1cn(-c2cccc(-c3ccc(/C(C)=N\O)cc3)c2)c2ncccc2c1=O. The van der Waals surface area contributed by atoms with E-state index < -0.39 is 5.91 Å². The first-order valence-electron chi connectivity index (χ1n) is 11.1. The Morgan fingerprint density at radius 3 is 2.59 bits per heavy atom. The number of carbonyl (C=O) groups is 1. The van der Waals surface area contributed by atoms with Gasteiger partial charge in [0.1, 0.15) is 11.2 Å². The number of hydrogen-bond acceptors (Lipinski definition) is 5. The third kappa shape index (κ3) is 4.45. The fourth-order valence-corrected chi connectivity index (χ4v) is 3.72. The molecule has 2 heterocycles. The Kier molecular flexibility index (Phi) is 6.54. The van der Waals surface area contributed by atoms with Crippen LogP contribution in [0, 0.1) is 0 Å². The van der Waals surface area contributed by atoms with E-state index in [9.17, 15) is 9.59 Å². The average molecular weight is 455 g/mol. The molecule has 2 aromatic heterocycles. The van der Waals surface area contributed by atoms with Gasteiger partial charge >= 0.3 is 0 Å². The van der Waals surface area contributed by atoms with Crippen LogP contribution in [0.1, 0.15) is 43.1 Å². The predicted octanol–water partition coefficient (Wildman–Crippen LogP) is 4.78. The van der Waals surface area contributed by atoms with E-state index in [0.29, 0.717) is 16.7 Å². The normalized spacial score (nSPS) is 12.5. The lowest BCUT2D eigenvalue weighted by atomic mass is 10.0. The van der Waals surface area contributed by atoms with Crippen LogP contribution >= 0.6 is 0 Å². The minimum Gasteiger partial charge on any atom is -0.411 e. The molecule has 1 unspecified atom stereocenters. The Hall–Kier alpha value is -4.26. The molecule has 7 nitrogen and oxygen atoms in total. The molecule has 1 atom stereocenters. The summed E-state index contributed by atoms with van der Waals surface area (Å²) in [6.07, 6.45) is 3.96. The summed E-state index contributed by atoms with van der Waals surface area (Å²) in [4.78, 5) is 30.4.